The first-order valence-electron chi connectivity index (χ1n) is 9.73. The summed E-state index contributed by atoms with van der Waals surface area (Å²) in [6.45, 7) is 4.23. The monoisotopic (exact) mass is 374 g/mol. The number of likely N-dealkylation sites (tertiary alicyclic amines) is 1. The van der Waals surface area contributed by atoms with E-state index in [-0.39, 0.29) is 24.5 Å². The molecule has 27 heavy (non-hydrogen) atoms. The normalized spacial score (nSPS) is 20.0. The second-order valence-electron chi connectivity index (χ2n) is 7.28. The molecule has 3 aliphatic heterocycles. The average Bonchev–Trinajstić information content (AvgIpc) is 3.20. The van der Waals surface area contributed by atoms with Crippen molar-refractivity contribution in [2.75, 3.05) is 46.2 Å². The van der Waals surface area contributed by atoms with Gasteiger partial charge in [0.05, 0.1) is 13.2 Å². The maximum absolute atomic E-state index is 12.6. The smallest absolute Gasteiger partial charge is 0.231 e. The molecule has 2 saturated heterocycles. The highest BCUT2D eigenvalue weighted by Gasteiger charge is 2.30. The van der Waals surface area contributed by atoms with E-state index in [1.807, 2.05) is 28.0 Å². The van der Waals surface area contributed by atoms with E-state index in [2.05, 4.69) is 0 Å². The third kappa shape index (κ3) is 4.18. The summed E-state index contributed by atoms with van der Waals surface area (Å²) in [6.07, 6.45) is 2.67. The minimum absolute atomic E-state index is 0.0426. The maximum atomic E-state index is 12.6. The molecule has 3 heterocycles. The zero-order valence-electron chi connectivity index (χ0n) is 15.5. The standard InChI is InChI=1S/C20H26N2O5/c23-19(4-2-15-1-3-17-18(13-15)27-14-26-17)21-7-5-16(6-8-21)20(24)22-9-11-25-12-10-22/h1,3,13,16H,2,4-12,14H2. The Morgan fingerprint density at radius 1 is 0.963 bits per heavy atom. The number of aryl methyl sites for hydroxylation is 1. The van der Waals surface area contributed by atoms with E-state index in [0.717, 1.165) is 29.9 Å². The van der Waals surface area contributed by atoms with Gasteiger partial charge in [0.25, 0.3) is 0 Å². The third-order valence-electron chi connectivity index (χ3n) is 5.58. The summed E-state index contributed by atoms with van der Waals surface area (Å²) in [5.41, 5.74) is 1.07. The molecule has 0 aromatic heterocycles. The molecular weight excluding hydrogens is 348 g/mol. The predicted octanol–water partition coefficient (Wildman–Crippen LogP) is 1.45. The van der Waals surface area contributed by atoms with Gasteiger partial charge >= 0.3 is 0 Å². The molecule has 0 radical (unpaired) electrons. The fourth-order valence-corrected chi connectivity index (χ4v) is 3.92. The van der Waals surface area contributed by atoms with Crippen molar-refractivity contribution in [3.8, 4) is 11.5 Å². The zero-order chi connectivity index (χ0) is 18.6. The SMILES string of the molecule is O=C(CCc1ccc2c(c1)OCO2)N1CCC(C(=O)N2CCOCC2)CC1. The number of morpholine rings is 1. The van der Waals surface area contributed by atoms with Gasteiger partial charge in [0.15, 0.2) is 11.5 Å². The lowest BCUT2D eigenvalue weighted by Gasteiger charge is -2.35. The Hall–Kier alpha value is -2.28. The maximum Gasteiger partial charge on any atom is 0.231 e. The first-order valence-corrected chi connectivity index (χ1v) is 9.73. The number of carbonyl (C=O) groups excluding carboxylic acids is 2. The number of hydrogen-bond donors (Lipinski definition) is 0. The van der Waals surface area contributed by atoms with Gasteiger partial charge < -0.3 is 24.0 Å². The van der Waals surface area contributed by atoms with Crippen molar-refractivity contribution in [3.05, 3.63) is 23.8 Å². The molecule has 0 unspecified atom stereocenters. The molecule has 7 heteroatoms. The molecule has 3 aliphatic rings. The Bertz CT molecular complexity index is 694. The first-order chi connectivity index (χ1) is 13.2. The van der Waals surface area contributed by atoms with Crippen LogP contribution in [0.25, 0.3) is 0 Å². The van der Waals surface area contributed by atoms with Crippen molar-refractivity contribution in [1.29, 1.82) is 0 Å². The number of piperidine rings is 1. The van der Waals surface area contributed by atoms with Gasteiger partial charge in [-0.25, -0.2) is 0 Å². The summed E-state index contributed by atoms with van der Waals surface area (Å²) < 4.78 is 16.0. The van der Waals surface area contributed by atoms with E-state index in [9.17, 15) is 9.59 Å². The number of nitrogens with zero attached hydrogens (tertiary/aromatic N) is 2. The molecule has 0 bridgehead atoms. The molecule has 1 aromatic rings. The van der Waals surface area contributed by atoms with Crippen LogP contribution in [-0.4, -0.2) is 67.8 Å². The average molecular weight is 374 g/mol. The summed E-state index contributed by atoms with van der Waals surface area (Å²) in [4.78, 5) is 28.9. The van der Waals surface area contributed by atoms with Crippen LogP contribution in [0.2, 0.25) is 0 Å². The first kappa shape index (κ1) is 18.1. The Kier molecular flexibility index (Phi) is 5.48. The number of hydrogen-bond acceptors (Lipinski definition) is 5. The summed E-state index contributed by atoms with van der Waals surface area (Å²) >= 11 is 0. The van der Waals surface area contributed by atoms with E-state index < -0.39 is 0 Å². The molecule has 146 valence electrons. The second-order valence-corrected chi connectivity index (χ2v) is 7.28. The number of fused-ring (bicyclic) bond motifs is 1. The number of benzene rings is 1. The minimum atomic E-state index is 0.0426. The summed E-state index contributed by atoms with van der Waals surface area (Å²) in [7, 11) is 0. The minimum Gasteiger partial charge on any atom is -0.454 e. The van der Waals surface area contributed by atoms with Gasteiger partial charge in [-0.2, -0.15) is 0 Å². The third-order valence-corrected chi connectivity index (χ3v) is 5.58. The molecule has 2 fully saturated rings. The highest BCUT2D eigenvalue weighted by Crippen LogP contribution is 2.32. The molecule has 7 nitrogen and oxygen atoms in total. The fraction of sp³-hybridized carbons (Fsp3) is 0.600. The Balaban J connectivity index is 1.23. The lowest BCUT2D eigenvalue weighted by molar-refractivity contribution is -0.143. The van der Waals surface area contributed by atoms with Gasteiger partial charge in [0.2, 0.25) is 18.6 Å². The zero-order valence-corrected chi connectivity index (χ0v) is 15.5. The molecule has 0 saturated carbocycles. The van der Waals surface area contributed by atoms with Crippen LogP contribution in [0.1, 0.15) is 24.8 Å². The van der Waals surface area contributed by atoms with Gasteiger partial charge in [-0.1, -0.05) is 6.07 Å². The van der Waals surface area contributed by atoms with Crippen LogP contribution in [0.4, 0.5) is 0 Å². The van der Waals surface area contributed by atoms with E-state index in [0.29, 0.717) is 52.2 Å². The van der Waals surface area contributed by atoms with E-state index in [4.69, 9.17) is 14.2 Å². The van der Waals surface area contributed by atoms with E-state index in [1.54, 1.807) is 0 Å². The largest absolute Gasteiger partial charge is 0.454 e. The van der Waals surface area contributed by atoms with Crippen LogP contribution in [0.15, 0.2) is 18.2 Å². The van der Waals surface area contributed by atoms with Crippen LogP contribution in [-0.2, 0) is 20.7 Å². The van der Waals surface area contributed by atoms with E-state index in [1.165, 1.54) is 0 Å². The van der Waals surface area contributed by atoms with Gasteiger partial charge in [-0.3, -0.25) is 9.59 Å². The van der Waals surface area contributed by atoms with Crippen LogP contribution in [0.3, 0.4) is 0 Å². The topological polar surface area (TPSA) is 68.3 Å². The highest BCUT2D eigenvalue weighted by molar-refractivity contribution is 5.80. The van der Waals surface area contributed by atoms with Crippen LogP contribution in [0, 0.1) is 5.92 Å². The van der Waals surface area contributed by atoms with Crippen LogP contribution in [0.5, 0.6) is 11.5 Å². The summed E-state index contributed by atoms with van der Waals surface area (Å²) in [5.74, 6) is 1.94. The Morgan fingerprint density at radius 2 is 1.70 bits per heavy atom. The number of amides is 2. The molecule has 0 aliphatic carbocycles. The van der Waals surface area contributed by atoms with Crippen LogP contribution < -0.4 is 9.47 Å². The van der Waals surface area contributed by atoms with E-state index >= 15 is 0 Å². The Labute approximate surface area is 159 Å². The number of rotatable bonds is 4. The van der Waals surface area contributed by atoms with Crippen molar-refractivity contribution in [1.82, 2.24) is 9.80 Å². The molecule has 1 aromatic carbocycles. The fourth-order valence-electron chi connectivity index (χ4n) is 3.92. The van der Waals surface area contributed by atoms with Gasteiger partial charge in [-0.15, -0.1) is 0 Å². The highest BCUT2D eigenvalue weighted by atomic mass is 16.7. The summed E-state index contributed by atoms with van der Waals surface area (Å²) in [6, 6.07) is 5.82. The number of carbonyl (C=O) groups is 2. The molecular formula is C20H26N2O5. The van der Waals surface area contributed by atoms with Crippen molar-refractivity contribution < 1.29 is 23.8 Å². The molecule has 4 rings (SSSR count). The molecule has 2 amide bonds. The van der Waals surface area contributed by atoms with Crippen molar-refractivity contribution >= 4 is 11.8 Å². The molecule has 0 spiro atoms. The van der Waals surface area contributed by atoms with Crippen molar-refractivity contribution in [3.63, 3.8) is 0 Å². The number of ether oxygens (including phenoxy) is 3. The lowest BCUT2D eigenvalue weighted by Crippen LogP contribution is -2.47. The van der Waals surface area contributed by atoms with Gasteiger partial charge in [0.1, 0.15) is 0 Å². The van der Waals surface area contributed by atoms with Gasteiger partial charge in [-0.05, 0) is 37.0 Å². The lowest BCUT2D eigenvalue weighted by atomic mass is 9.94. The van der Waals surface area contributed by atoms with Gasteiger partial charge in [0, 0.05) is 38.5 Å². The predicted molar refractivity (Wildman–Crippen MR) is 97.6 cm³/mol. The van der Waals surface area contributed by atoms with Crippen LogP contribution >= 0.6 is 0 Å². The second kappa shape index (κ2) is 8.17. The quantitative estimate of drug-likeness (QED) is 0.798. The molecule has 0 atom stereocenters. The van der Waals surface area contributed by atoms with Crippen molar-refractivity contribution in [2.24, 2.45) is 5.92 Å². The Morgan fingerprint density at radius 3 is 2.48 bits per heavy atom. The summed E-state index contributed by atoms with van der Waals surface area (Å²) in [5, 5.41) is 0. The van der Waals surface area contributed by atoms with Crippen molar-refractivity contribution in [2.45, 2.75) is 25.7 Å². The molecule has 0 N–H and O–H groups in total.